The predicted molar refractivity (Wildman–Crippen MR) is 55.5 cm³/mol. The first kappa shape index (κ1) is 10.2. The zero-order chi connectivity index (χ0) is 9.68. The largest absolute Gasteiger partial charge is 0.313 e. The third kappa shape index (κ3) is 2.52. The zero-order valence-electron chi connectivity index (χ0n) is 8.62. The van der Waals surface area contributed by atoms with E-state index >= 15 is 0 Å². The van der Waals surface area contributed by atoms with E-state index in [1.807, 2.05) is 19.4 Å². The number of hydrogen-bond donors (Lipinski definition) is 1. The molecule has 2 atom stereocenters. The van der Waals surface area contributed by atoms with Crippen LogP contribution in [0.4, 0.5) is 0 Å². The molecule has 0 spiro atoms. The summed E-state index contributed by atoms with van der Waals surface area (Å²) in [7, 11) is 2.01. The highest BCUT2D eigenvalue weighted by Crippen LogP contribution is 2.22. The number of nitrogens with zero attached hydrogens (tertiary/aromatic N) is 1. The molecule has 0 amide bonds. The molecule has 0 aliphatic carbocycles. The van der Waals surface area contributed by atoms with Gasteiger partial charge in [0.2, 0.25) is 0 Å². The monoisotopic (exact) mass is 178 g/mol. The van der Waals surface area contributed by atoms with Crippen LogP contribution in [-0.2, 0) is 0 Å². The first-order valence-electron chi connectivity index (χ1n) is 4.86. The Morgan fingerprint density at radius 1 is 1.38 bits per heavy atom. The minimum absolute atomic E-state index is 0.452. The van der Waals surface area contributed by atoms with Gasteiger partial charge in [0.25, 0.3) is 0 Å². The minimum atomic E-state index is 0.452. The Bertz CT molecular complexity index is 233. The van der Waals surface area contributed by atoms with Crippen LogP contribution in [0.2, 0.25) is 0 Å². The maximum absolute atomic E-state index is 4.02. The van der Waals surface area contributed by atoms with Gasteiger partial charge in [-0.1, -0.05) is 20.3 Å². The normalized spacial score (nSPS) is 15.3. The van der Waals surface area contributed by atoms with Crippen LogP contribution in [0.3, 0.4) is 0 Å². The topological polar surface area (TPSA) is 24.9 Å². The van der Waals surface area contributed by atoms with E-state index in [9.17, 15) is 0 Å². The second-order valence-corrected chi connectivity index (χ2v) is 3.43. The molecule has 0 aliphatic heterocycles. The smallest absolute Gasteiger partial charge is 0.0344 e. The van der Waals surface area contributed by atoms with Crippen molar-refractivity contribution >= 4 is 0 Å². The lowest BCUT2D eigenvalue weighted by atomic mass is 9.93. The van der Waals surface area contributed by atoms with E-state index in [1.54, 1.807) is 0 Å². The number of pyridine rings is 1. The first-order valence-corrected chi connectivity index (χ1v) is 4.86. The molecule has 1 aromatic rings. The maximum atomic E-state index is 4.02. The number of nitrogens with one attached hydrogen (secondary N) is 1. The minimum Gasteiger partial charge on any atom is -0.313 e. The maximum Gasteiger partial charge on any atom is 0.0344 e. The molecule has 1 aromatic heterocycles. The summed E-state index contributed by atoms with van der Waals surface area (Å²) in [4.78, 5) is 4.02. The zero-order valence-corrected chi connectivity index (χ0v) is 8.62. The second kappa shape index (κ2) is 4.97. The highest BCUT2D eigenvalue weighted by atomic mass is 14.9. The fourth-order valence-electron chi connectivity index (χ4n) is 1.59. The molecular weight excluding hydrogens is 160 g/mol. The van der Waals surface area contributed by atoms with Crippen LogP contribution in [0.25, 0.3) is 0 Å². The lowest BCUT2D eigenvalue weighted by molar-refractivity contribution is 0.400. The molecule has 72 valence electrons. The number of rotatable bonds is 4. The van der Waals surface area contributed by atoms with Gasteiger partial charge in [-0.15, -0.1) is 0 Å². The molecule has 0 saturated heterocycles. The van der Waals surface area contributed by atoms with Gasteiger partial charge in [-0.3, -0.25) is 4.98 Å². The van der Waals surface area contributed by atoms with Crippen molar-refractivity contribution in [1.29, 1.82) is 0 Å². The predicted octanol–water partition coefficient (Wildman–Crippen LogP) is 2.39. The Labute approximate surface area is 80.4 Å². The average Bonchev–Trinajstić information content (AvgIpc) is 2.20. The molecule has 2 nitrogen and oxygen atoms in total. The van der Waals surface area contributed by atoms with Gasteiger partial charge in [-0.05, 0) is 30.7 Å². The van der Waals surface area contributed by atoms with E-state index in [-0.39, 0.29) is 0 Å². The summed E-state index contributed by atoms with van der Waals surface area (Å²) in [5.74, 6) is 0.660. The highest BCUT2D eigenvalue weighted by molar-refractivity contribution is 5.15. The summed E-state index contributed by atoms with van der Waals surface area (Å²) in [6.07, 6.45) is 4.89. The van der Waals surface area contributed by atoms with Crippen molar-refractivity contribution in [3.8, 4) is 0 Å². The molecule has 0 saturated carbocycles. The average molecular weight is 178 g/mol. The quantitative estimate of drug-likeness (QED) is 0.765. The van der Waals surface area contributed by atoms with Gasteiger partial charge >= 0.3 is 0 Å². The summed E-state index contributed by atoms with van der Waals surface area (Å²) in [5, 5.41) is 3.34. The Balaban J connectivity index is 2.78. The van der Waals surface area contributed by atoms with Gasteiger partial charge in [-0.2, -0.15) is 0 Å². The van der Waals surface area contributed by atoms with Gasteiger partial charge in [-0.25, -0.2) is 0 Å². The standard InChI is InChI=1S/C11H18N2/c1-4-9(2)11(12-3)10-5-7-13-8-6-10/h5-9,11-12H,4H2,1-3H3. The summed E-state index contributed by atoms with van der Waals surface area (Å²) < 4.78 is 0. The van der Waals surface area contributed by atoms with E-state index < -0.39 is 0 Å². The fraction of sp³-hybridized carbons (Fsp3) is 0.545. The van der Waals surface area contributed by atoms with E-state index in [0.717, 1.165) is 0 Å². The second-order valence-electron chi connectivity index (χ2n) is 3.43. The van der Waals surface area contributed by atoms with Crippen molar-refractivity contribution in [3.63, 3.8) is 0 Å². The first-order chi connectivity index (χ1) is 6.29. The molecule has 2 heteroatoms. The van der Waals surface area contributed by atoms with Gasteiger partial charge in [0.05, 0.1) is 0 Å². The van der Waals surface area contributed by atoms with Crippen molar-refractivity contribution < 1.29 is 0 Å². The summed E-state index contributed by atoms with van der Waals surface area (Å²) in [5.41, 5.74) is 1.33. The van der Waals surface area contributed by atoms with Crippen molar-refractivity contribution in [3.05, 3.63) is 30.1 Å². The van der Waals surface area contributed by atoms with Crippen LogP contribution in [-0.4, -0.2) is 12.0 Å². The van der Waals surface area contributed by atoms with Crippen molar-refractivity contribution in [2.24, 2.45) is 5.92 Å². The van der Waals surface area contributed by atoms with Crippen molar-refractivity contribution in [2.45, 2.75) is 26.3 Å². The van der Waals surface area contributed by atoms with Crippen molar-refractivity contribution in [2.75, 3.05) is 7.05 Å². The van der Waals surface area contributed by atoms with Crippen LogP contribution in [0.15, 0.2) is 24.5 Å². The van der Waals surface area contributed by atoms with Crippen LogP contribution in [0.5, 0.6) is 0 Å². The fourth-order valence-corrected chi connectivity index (χ4v) is 1.59. The van der Waals surface area contributed by atoms with E-state index in [2.05, 4.69) is 36.3 Å². The Morgan fingerprint density at radius 2 is 2.00 bits per heavy atom. The van der Waals surface area contributed by atoms with Crippen LogP contribution < -0.4 is 5.32 Å². The third-order valence-electron chi connectivity index (χ3n) is 2.59. The highest BCUT2D eigenvalue weighted by Gasteiger charge is 2.14. The molecule has 0 aromatic carbocycles. The van der Waals surface area contributed by atoms with Crippen LogP contribution >= 0.6 is 0 Å². The van der Waals surface area contributed by atoms with E-state index in [0.29, 0.717) is 12.0 Å². The lowest BCUT2D eigenvalue weighted by Gasteiger charge is -2.22. The number of aromatic nitrogens is 1. The molecule has 0 aliphatic rings. The molecule has 13 heavy (non-hydrogen) atoms. The van der Waals surface area contributed by atoms with Crippen LogP contribution in [0, 0.1) is 5.92 Å². The van der Waals surface area contributed by atoms with E-state index in [4.69, 9.17) is 0 Å². The molecule has 0 fully saturated rings. The van der Waals surface area contributed by atoms with E-state index in [1.165, 1.54) is 12.0 Å². The van der Waals surface area contributed by atoms with Crippen molar-refractivity contribution in [1.82, 2.24) is 10.3 Å². The summed E-state index contributed by atoms with van der Waals surface area (Å²) in [6, 6.07) is 4.61. The lowest BCUT2D eigenvalue weighted by Crippen LogP contribution is -2.22. The Hall–Kier alpha value is -0.890. The Kier molecular flexibility index (Phi) is 3.90. The van der Waals surface area contributed by atoms with Gasteiger partial charge in [0.1, 0.15) is 0 Å². The summed E-state index contributed by atoms with van der Waals surface area (Å²) in [6.45, 7) is 4.48. The molecule has 1 N–H and O–H groups in total. The molecular formula is C11H18N2. The SMILES string of the molecule is CCC(C)C(NC)c1ccncc1. The molecule has 1 heterocycles. The molecule has 2 unspecified atom stereocenters. The van der Waals surface area contributed by atoms with Gasteiger partial charge in [0, 0.05) is 18.4 Å². The third-order valence-corrected chi connectivity index (χ3v) is 2.59. The molecule has 0 radical (unpaired) electrons. The number of hydrogen-bond acceptors (Lipinski definition) is 2. The molecule has 0 bridgehead atoms. The summed E-state index contributed by atoms with van der Waals surface area (Å²) >= 11 is 0. The van der Waals surface area contributed by atoms with Gasteiger partial charge < -0.3 is 5.32 Å². The molecule has 1 rings (SSSR count). The Morgan fingerprint density at radius 3 is 2.46 bits per heavy atom. The van der Waals surface area contributed by atoms with Crippen LogP contribution in [0.1, 0.15) is 31.9 Å². The van der Waals surface area contributed by atoms with Gasteiger partial charge in [0.15, 0.2) is 0 Å².